The molecule has 0 aromatic carbocycles. The predicted octanol–water partition coefficient (Wildman–Crippen LogP) is 0.264. The van der Waals surface area contributed by atoms with E-state index in [2.05, 4.69) is 5.11 Å². The van der Waals surface area contributed by atoms with Gasteiger partial charge in [-0.3, -0.25) is 0 Å². The minimum Gasteiger partial charge on any atom is -0.480 e. The molecule has 0 heterocycles. The van der Waals surface area contributed by atoms with Crippen LogP contribution >= 0.6 is 0 Å². The lowest BCUT2D eigenvalue weighted by atomic mass is 10.7. The van der Waals surface area contributed by atoms with Crippen LogP contribution in [0.1, 0.15) is 0 Å². The van der Waals surface area contributed by atoms with Gasteiger partial charge >= 0.3 is 5.97 Å². The molecule has 0 aromatic heterocycles. The van der Waals surface area contributed by atoms with Crippen LogP contribution in [0.25, 0.3) is 0 Å². The van der Waals surface area contributed by atoms with Crippen LogP contribution in [0.15, 0.2) is 5.11 Å². The summed E-state index contributed by atoms with van der Waals surface area (Å²) in [4.78, 5) is 9.33. The van der Waals surface area contributed by atoms with E-state index >= 15 is 0 Å². The first kappa shape index (κ1) is 5.07. The van der Waals surface area contributed by atoms with Gasteiger partial charge in [-0.15, -0.1) is 0 Å². The number of nitrogens with zero attached hydrogens (tertiary/aromatic N) is 1. The number of nitrogens with one attached hydrogen (secondary N) is 1. The Morgan fingerprint density at radius 2 is 2.50 bits per heavy atom. The van der Waals surface area contributed by atoms with E-state index in [1.807, 2.05) is 0 Å². The van der Waals surface area contributed by atoms with Gasteiger partial charge in [0.05, 0.1) is 0 Å². The van der Waals surface area contributed by atoms with Crippen LogP contribution in [0.5, 0.6) is 0 Å². The Morgan fingerprint density at radius 1 is 2.00 bits per heavy atom. The molecule has 0 amide bonds. The highest BCUT2D eigenvalue weighted by molar-refractivity contribution is 5.75. The summed E-state index contributed by atoms with van der Waals surface area (Å²) in [5.41, 5.74) is 5.92. The highest BCUT2D eigenvalue weighted by Crippen LogP contribution is 1.72. The second-order valence-corrected chi connectivity index (χ2v) is 0.596. The Kier molecular flexibility index (Phi) is 1.96. The lowest BCUT2D eigenvalue weighted by Gasteiger charge is -1.72. The van der Waals surface area contributed by atoms with Crippen LogP contribution in [0, 0.1) is 12.1 Å². The standard InChI is InChI=1S/C2H3N2O2/c3-4-1-2(5)6/h1,3H,(H,5,6). The molecule has 0 unspecified atom stereocenters. The number of carboxylic acids is 1. The molecule has 2 N–H and O–H groups in total. The fourth-order valence-electron chi connectivity index (χ4n) is 0.0552. The fraction of sp³-hybridized carbons (Fsp3) is 0. The Morgan fingerprint density at radius 3 is 2.50 bits per heavy atom. The number of hydrogen-bond acceptors (Lipinski definition) is 3. The average molecular weight is 87.1 g/mol. The smallest absolute Gasteiger partial charge is 0.333 e. The van der Waals surface area contributed by atoms with E-state index < -0.39 is 5.97 Å². The van der Waals surface area contributed by atoms with Crippen LogP contribution in [0.4, 0.5) is 0 Å². The van der Waals surface area contributed by atoms with E-state index in [1.54, 1.807) is 0 Å². The van der Waals surface area contributed by atoms with Crippen molar-refractivity contribution in [3.63, 3.8) is 0 Å². The average Bonchev–Trinajstić information content (AvgIpc) is 1.35. The van der Waals surface area contributed by atoms with Crippen molar-refractivity contribution in [2.75, 3.05) is 0 Å². The number of aliphatic carboxylic acids is 1. The zero-order valence-corrected chi connectivity index (χ0v) is 2.88. The zero-order valence-electron chi connectivity index (χ0n) is 2.88. The second kappa shape index (κ2) is 2.32. The molecular weight excluding hydrogens is 84.0 g/mol. The van der Waals surface area contributed by atoms with Crippen molar-refractivity contribution in [1.29, 1.82) is 5.53 Å². The summed E-state index contributed by atoms with van der Waals surface area (Å²) in [7, 11) is 0. The molecule has 0 aliphatic rings. The first-order valence-electron chi connectivity index (χ1n) is 1.20. The molecule has 0 aromatic rings. The molecule has 6 heavy (non-hydrogen) atoms. The van der Waals surface area contributed by atoms with Crippen LogP contribution in [0.2, 0.25) is 0 Å². The predicted molar refractivity (Wildman–Crippen MR) is 17.1 cm³/mol. The molecule has 0 fully saturated rings. The molecule has 1 radical (unpaired) electrons. The monoisotopic (exact) mass is 87.0 g/mol. The van der Waals surface area contributed by atoms with E-state index in [0.29, 0.717) is 6.54 Å². The van der Waals surface area contributed by atoms with Crippen LogP contribution < -0.4 is 0 Å². The van der Waals surface area contributed by atoms with Gasteiger partial charge < -0.3 is 5.11 Å². The SMILES string of the molecule is N=N[CH]C(=O)O. The van der Waals surface area contributed by atoms with Gasteiger partial charge in [-0.25, -0.2) is 10.3 Å². The molecule has 33 valence electrons. The summed E-state index contributed by atoms with van der Waals surface area (Å²) < 4.78 is 0. The summed E-state index contributed by atoms with van der Waals surface area (Å²) in [6, 6.07) is 0. The zero-order chi connectivity index (χ0) is 4.99. The van der Waals surface area contributed by atoms with Gasteiger partial charge in [-0.1, -0.05) is 0 Å². The van der Waals surface area contributed by atoms with E-state index in [0.717, 1.165) is 0 Å². The minimum absolute atomic E-state index is 0.500. The summed E-state index contributed by atoms with van der Waals surface area (Å²) in [5.74, 6) is -1.19. The van der Waals surface area contributed by atoms with Gasteiger partial charge in [0.25, 0.3) is 0 Å². The van der Waals surface area contributed by atoms with E-state index in [1.165, 1.54) is 0 Å². The first-order valence-corrected chi connectivity index (χ1v) is 1.20. The lowest BCUT2D eigenvalue weighted by Crippen LogP contribution is -1.89. The lowest BCUT2D eigenvalue weighted by molar-refractivity contribution is -0.133. The third-order valence-electron chi connectivity index (χ3n) is 0.175. The van der Waals surface area contributed by atoms with E-state index in [4.69, 9.17) is 10.6 Å². The summed E-state index contributed by atoms with van der Waals surface area (Å²) in [6.07, 6.45) is 0. The van der Waals surface area contributed by atoms with E-state index in [-0.39, 0.29) is 0 Å². The van der Waals surface area contributed by atoms with Crippen molar-refractivity contribution < 1.29 is 9.90 Å². The summed E-state index contributed by atoms with van der Waals surface area (Å²) in [6.45, 7) is 0.500. The minimum atomic E-state index is -1.19. The highest BCUT2D eigenvalue weighted by atomic mass is 16.4. The number of rotatable bonds is 2. The maximum absolute atomic E-state index is 9.33. The summed E-state index contributed by atoms with van der Waals surface area (Å²) >= 11 is 0. The second-order valence-electron chi connectivity index (χ2n) is 0.596. The third kappa shape index (κ3) is 3.07. The van der Waals surface area contributed by atoms with Crippen molar-refractivity contribution >= 4 is 5.97 Å². The van der Waals surface area contributed by atoms with Gasteiger partial charge in [-0.05, 0) is 0 Å². The highest BCUT2D eigenvalue weighted by Gasteiger charge is 1.88. The topological polar surface area (TPSA) is 73.5 Å². The molecule has 0 bridgehead atoms. The molecule has 0 spiro atoms. The van der Waals surface area contributed by atoms with Gasteiger partial charge in [-0.2, -0.15) is 5.11 Å². The normalized spacial score (nSPS) is 7.33. The third-order valence-corrected chi connectivity index (χ3v) is 0.175. The number of carbonyl (C=O) groups is 1. The Bertz CT molecular complexity index is 69.9. The Balaban J connectivity index is 3.05. The van der Waals surface area contributed by atoms with E-state index in [9.17, 15) is 4.79 Å². The van der Waals surface area contributed by atoms with Crippen molar-refractivity contribution in [2.45, 2.75) is 0 Å². The molecule has 0 rings (SSSR count). The number of carboxylic acid groups (broad SMARTS) is 1. The maximum atomic E-state index is 9.33. The molecule has 0 saturated carbocycles. The quantitative estimate of drug-likeness (QED) is 0.474. The van der Waals surface area contributed by atoms with Gasteiger partial charge in [0.1, 0.15) is 0 Å². The van der Waals surface area contributed by atoms with Crippen LogP contribution in [-0.4, -0.2) is 11.1 Å². The van der Waals surface area contributed by atoms with Gasteiger partial charge in [0.2, 0.25) is 6.54 Å². The van der Waals surface area contributed by atoms with Gasteiger partial charge in [0.15, 0.2) is 0 Å². The van der Waals surface area contributed by atoms with Crippen LogP contribution in [0.3, 0.4) is 0 Å². The molecule has 4 nitrogen and oxygen atoms in total. The first-order chi connectivity index (χ1) is 2.77. The molecule has 4 heteroatoms. The summed E-state index contributed by atoms with van der Waals surface area (Å²) in [5, 5.41) is 10.1. The van der Waals surface area contributed by atoms with Crippen molar-refractivity contribution in [1.82, 2.24) is 0 Å². The fourth-order valence-corrected chi connectivity index (χ4v) is 0.0552. The molecule has 0 saturated heterocycles. The van der Waals surface area contributed by atoms with Gasteiger partial charge in [0, 0.05) is 0 Å². The largest absolute Gasteiger partial charge is 0.480 e. The maximum Gasteiger partial charge on any atom is 0.333 e. The van der Waals surface area contributed by atoms with Crippen LogP contribution in [-0.2, 0) is 4.79 Å². The molecule has 0 atom stereocenters. The molecule has 0 aliphatic heterocycles. The van der Waals surface area contributed by atoms with Crippen molar-refractivity contribution in [3.8, 4) is 0 Å². The number of hydrogen-bond donors (Lipinski definition) is 2. The Hall–Kier alpha value is -0.930. The van der Waals surface area contributed by atoms with Crippen molar-refractivity contribution in [2.24, 2.45) is 5.11 Å². The molecular formula is C2H3N2O2. The van der Waals surface area contributed by atoms with Crippen molar-refractivity contribution in [3.05, 3.63) is 6.54 Å². The Labute approximate surface area is 34.3 Å². The molecule has 0 aliphatic carbocycles.